The minimum absolute atomic E-state index is 0.119. The van der Waals surface area contributed by atoms with Crippen molar-refractivity contribution in [2.24, 2.45) is 5.92 Å². The van der Waals surface area contributed by atoms with Gasteiger partial charge < -0.3 is 20.6 Å². The highest BCUT2D eigenvalue weighted by atomic mass is 32.2. The molecule has 1 aromatic rings. The third-order valence-corrected chi connectivity index (χ3v) is 7.69. The molecule has 0 bridgehead atoms. The zero-order chi connectivity index (χ0) is 22.2. The number of nitrogens with zero attached hydrogens (tertiary/aromatic N) is 1. The molecule has 1 fully saturated rings. The van der Waals surface area contributed by atoms with E-state index in [0.29, 0.717) is 5.56 Å². The molecule has 0 unspecified atom stereocenters. The maximum absolute atomic E-state index is 13.2. The summed E-state index contributed by atoms with van der Waals surface area (Å²) in [6.07, 6.45) is 0.818. The number of benzene rings is 1. The van der Waals surface area contributed by atoms with E-state index < -0.39 is 16.8 Å². The van der Waals surface area contributed by atoms with Crippen molar-refractivity contribution in [1.82, 2.24) is 15.5 Å². The molecule has 5 atom stereocenters. The lowest BCUT2D eigenvalue weighted by Crippen LogP contribution is -2.57. The first kappa shape index (κ1) is 22.6. The van der Waals surface area contributed by atoms with Gasteiger partial charge in [0.2, 0.25) is 11.8 Å². The van der Waals surface area contributed by atoms with E-state index in [-0.39, 0.29) is 41.7 Å². The van der Waals surface area contributed by atoms with Gasteiger partial charge >= 0.3 is 0 Å². The number of hydrogen-bond donors (Lipinski definition) is 3. The maximum atomic E-state index is 13.2. The van der Waals surface area contributed by atoms with Crippen LogP contribution in [0.3, 0.4) is 0 Å². The Labute approximate surface area is 182 Å². The average molecular weight is 434 g/mol. The largest absolute Gasteiger partial charge is 0.394 e. The van der Waals surface area contributed by atoms with E-state index in [1.165, 1.54) is 0 Å². The van der Waals surface area contributed by atoms with Gasteiger partial charge in [-0.15, -0.1) is 11.8 Å². The lowest BCUT2D eigenvalue weighted by atomic mass is 9.99. The third-order valence-electron chi connectivity index (χ3n) is 6.15. The highest BCUT2D eigenvalue weighted by Gasteiger charge is 2.57. The first-order valence-electron chi connectivity index (χ1n) is 10.4. The summed E-state index contributed by atoms with van der Waals surface area (Å²) in [5.41, 5.74) is 1.56. The maximum Gasteiger partial charge on any atom is 0.256 e. The smallest absolute Gasteiger partial charge is 0.256 e. The fourth-order valence-corrected chi connectivity index (χ4v) is 5.71. The van der Waals surface area contributed by atoms with Gasteiger partial charge in [0, 0.05) is 10.3 Å². The van der Waals surface area contributed by atoms with E-state index in [1.807, 2.05) is 45.9 Å². The molecule has 0 spiro atoms. The molecule has 0 radical (unpaired) electrons. The second-order valence-electron chi connectivity index (χ2n) is 8.69. The number of carbonyl (C=O) groups is 3. The van der Waals surface area contributed by atoms with Gasteiger partial charge in [-0.3, -0.25) is 14.4 Å². The summed E-state index contributed by atoms with van der Waals surface area (Å²) >= 11 is 1.59. The van der Waals surface area contributed by atoms with E-state index in [1.54, 1.807) is 29.7 Å². The minimum atomic E-state index is -0.782. The second-order valence-corrected chi connectivity index (χ2v) is 10.4. The Morgan fingerprint density at radius 3 is 2.53 bits per heavy atom. The molecule has 8 heteroatoms. The molecular weight excluding hydrogens is 402 g/mol. The van der Waals surface area contributed by atoms with Crippen LogP contribution in [-0.4, -0.2) is 57.2 Å². The van der Waals surface area contributed by atoms with E-state index >= 15 is 0 Å². The Morgan fingerprint density at radius 2 is 1.90 bits per heavy atom. The van der Waals surface area contributed by atoms with Crippen LogP contribution in [0.25, 0.3) is 0 Å². The number of fused-ring (bicyclic) bond motifs is 3. The first-order valence-corrected chi connectivity index (χ1v) is 11.3. The van der Waals surface area contributed by atoms with Crippen LogP contribution in [0.5, 0.6) is 0 Å². The Hall–Kier alpha value is -2.06. The quantitative estimate of drug-likeness (QED) is 0.611. The minimum Gasteiger partial charge on any atom is -0.394 e. The van der Waals surface area contributed by atoms with E-state index in [4.69, 9.17) is 0 Å². The molecule has 2 heterocycles. The van der Waals surface area contributed by atoms with Crippen LogP contribution in [0.2, 0.25) is 0 Å². The Balaban J connectivity index is 1.73. The summed E-state index contributed by atoms with van der Waals surface area (Å²) in [6.45, 7) is 9.31. The number of rotatable bonds is 7. The second kappa shape index (κ2) is 8.59. The van der Waals surface area contributed by atoms with Crippen LogP contribution >= 0.6 is 11.8 Å². The fourth-order valence-electron chi connectivity index (χ4n) is 4.12. The Bertz CT molecular complexity index is 843. The van der Waals surface area contributed by atoms with Crippen molar-refractivity contribution in [3.8, 4) is 0 Å². The summed E-state index contributed by atoms with van der Waals surface area (Å²) in [5, 5.41) is 14.9. The molecule has 7 nitrogen and oxygen atoms in total. The van der Waals surface area contributed by atoms with Crippen LogP contribution in [-0.2, 0) is 9.59 Å². The summed E-state index contributed by atoms with van der Waals surface area (Å²) in [4.78, 5) is 40.5. The van der Waals surface area contributed by atoms with Crippen LogP contribution in [0.1, 0.15) is 62.3 Å². The zero-order valence-corrected chi connectivity index (χ0v) is 19.0. The van der Waals surface area contributed by atoms with Gasteiger partial charge in [-0.1, -0.05) is 38.5 Å². The number of amides is 3. The van der Waals surface area contributed by atoms with Crippen molar-refractivity contribution in [1.29, 1.82) is 0 Å². The van der Waals surface area contributed by atoms with Gasteiger partial charge in [0.25, 0.3) is 5.91 Å². The topological polar surface area (TPSA) is 98.7 Å². The molecule has 1 saturated heterocycles. The first-order chi connectivity index (χ1) is 14.1. The molecule has 3 N–H and O–H groups in total. The summed E-state index contributed by atoms with van der Waals surface area (Å²) in [7, 11) is 0. The predicted molar refractivity (Wildman–Crippen MR) is 117 cm³/mol. The van der Waals surface area contributed by atoms with Gasteiger partial charge in [0.15, 0.2) is 0 Å². The average Bonchev–Trinajstić information content (AvgIpc) is 3.14. The van der Waals surface area contributed by atoms with Gasteiger partial charge in [0.05, 0.1) is 12.6 Å². The van der Waals surface area contributed by atoms with Crippen LogP contribution < -0.4 is 10.6 Å². The summed E-state index contributed by atoms with van der Waals surface area (Å²) in [6, 6.07) is 5.61. The van der Waals surface area contributed by atoms with Gasteiger partial charge in [-0.2, -0.15) is 0 Å². The SMILES string of the molecule is CC[C@@H](C)[C@@H](CO)NC(=O)[C@H](C)NC(=O)[C@H]1N2C(=O)c3ccccc3[C@H]2SC1(C)C. The van der Waals surface area contributed by atoms with Gasteiger partial charge in [-0.05, 0) is 38.3 Å². The number of nitrogens with one attached hydrogen (secondary N) is 2. The molecule has 0 aromatic heterocycles. The molecular formula is C22H31N3O4S. The third kappa shape index (κ3) is 3.95. The van der Waals surface area contributed by atoms with Crippen LogP contribution in [0.15, 0.2) is 24.3 Å². The fraction of sp³-hybridized carbons (Fsp3) is 0.591. The Kier molecular flexibility index (Phi) is 6.48. The number of carbonyl (C=O) groups excluding carboxylic acids is 3. The molecule has 3 amide bonds. The number of aliphatic hydroxyl groups excluding tert-OH is 1. The van der Waals surface area contributed by atoms with E-state index in [2.05, 4.69) is 10.6 Å². The standard InChI is InChI=1S/C22H31N3O4S/c1-6-12(2)16(11-26)24-18(27)13(3)23-19(28)17-22(4,5)30-21-15-10-8-7-9-14(15)20(29)25(17)21/h7-10,12-13,16-17,21,26H,6,11H2,1-5H3,(H,23,28)(H,24,27)/t12-,13+,16-,17-,21-/m1/s1. The van der Waals surface area contributed by atoms with Crippen molar-refractivity contribution < 1.29 is 19.5 Å². The van der Waals surface area contributed by atoms with Crippen LogP contribution in [0.4, 0.5) is 0 Å². The molecule has 2 aliphatic rings. The molecule has 1 aromatic carbocycles. The van der Waals surface area contributed by atoms with Crippen LogP contribution in [0, 0.1) is 5.92 Å². The Morgan fingerprint density at radius 1 is 1.23 bits per heavy atom. The van der Waals surface area contributed by atoms with Crippen molar-refractivity contribution in [3.63, 3.8) is 0 Å². The van der Waals surface area contributed by atoms with Crippen molar-refractivity contribution in [2.45, 2.75) is 69.3 Å². The molecule has 0 saturated carbocycles. The van der Waals surface area contributed by atoms with Gasteiger partial charge in [-0.25, -0.2) is 0 Å². The molecule has 30 heavy (non-hydrogen) atoms. The molecule has 3 rings (SSSR count). The van der Waals surface area contributed by atoms with Crippen molar-refractivity contribution in [2.75, 3.05) is 6.61 Å². The lowest BCUT2D eigenvalue weighted by molar-refractivity contribution is -0.132. The number of aliphatic hydroxyl groups is 1. The van der Waals surface area contributed by atoms with Gasteiger partial charge in [0.1, 0.15) is 17.5 Å². The predicted octanol–water partition coefficient (Wildman–Crippen LogP) is 2.06. The molecule has 164 valence electrons. The summed E-state index contributed by atoms with van der Waals surface area (Å²) in [5.74, 6) is -0.724. The van der Waals surface area contributed by atoms with E-state index in [0.717, 1.165) is 12.0 Å². The number of thioether (sulfide) groups is 1. The monoisotopic (exact) mass is 433 g/mol. The van der Waals surface area contributed by atoms with E-state index in [9.17, 15) is 19.5 Å². The van der Waals surface area contributed by atoms with Crippen molar-refractivity contribution in [3.05, 3.63) is 35.4 Å². The lowest BCUT2D eigenvalue weighted by Gasteiger charge is -2.31. The van der Waals surface area contributed by atoms with Crippen molar-refractivity contribution >= 4 is 29.5 Å². The normalized spacial score (nSPS) is 24.6. The highest BCUT2D eigenvalue weighted by Crippen LogP contribution is 2.56. The molecule has 2 aliphatic heterocycles. The molecule has 0 aliphatic carbocycles. The zero-order valence-electron chi connectivity index (χ0n) is 18.1. The summed E-state index contributed by atoms with van der Waals surface area (Å²) < 4.78 is -0.501. The number of hydrogen-bond acceptors (Lipinski definition) is 5. The highest BCUT2D eigenvalue weighted by molar-refractivity contribution is 8.01.